The predicted molar refractivity (Wildman–Crippen MR) is 99.8 cm³/mol. The fraction of sp³-hybridized carbons (Fsp3) is 0.167. The van der Waals surface area contributed by atoms with Crippen molar-refractivity contribution in [2.75, 3.05) is 18.2 Å². The van der Waals surface area contributed by atoms with Gasteiger partial charge in [0.2, 0.25) is 5.95 Å². The van der Waals surface area contributed by atoms with Gasteiger partial charge in [0.15, 0.2) is 5.82 Å². The molecule has 8 nitrogen and oxygen atoms in total. The van der Waals surface area contributed by atoms with Crippen molar-refractivity contribution in [1.82, 2.24) is 24.6 Å². The first-order chi connectivity index (χ1) is 12.7. The number of hydrogen-bond acceptors (Lipinski definition) is 6. The summed E-state index contributed by atoms with van der Waals surface area (Å²) >= 11 is 0. The van der Waals surface area contributed by atoms with E-state index in [1.165, 1.54) is 0 Å². The summed E-state index contributed by atoms with van der Waals surface area (Å²) in [4.78, 5) is 9.00. The number of nitrogens with two attached hydrogens (primary N) is 1. The average Bonchev–Trinajstić information content (AvgIpc) is 3.28. The lowest BCUT2D eigenvalue weighted by atomic mass is 10.1. The van der Waals surface area contributed by atoms with E-state index in [0.29, 0.717) is 24.0 Å². The van der Waals surface area contributed by atoms with E-state index in [1.807, 2.05) is 47.9 Å². The van der Waals surface area contributed by atoms with Crippen LogP contribution in [0.3, 0.4) is 0 Å². The van der Waals surface area contributed by atoms with E-state index in [9.17, 15) is 0 Å². The highest BCUT2D eigenvalue weighted by Gasteiger charge is 2.16. The molecule has 4 aromatic rings. The number of aryl methyl sites for hydroxylation is 1. The van der Waals surface area contributed by atoms with E-state index in [1.54, 1.807) is 13.3 Å². The second-order valence-corrected chi connectivity index (χ2v) is 5.97. The van der Waals surface area contributed by atoms with Crippen LogP contribution in [-0.4, -0.2) is 31.7 Å². The molecule has 0 unspecified atom stereocenters. The van der Waals surface area contributed by atoms with Gasteiger partial charge in [0.1, 0.15) is 17.2 Å². The van der Waals surface area contributed by atoms with E-state index in [-0.39, 0.29) is 0 Å². The molecule has 0 amide bonds. The predicted octanol–water partition coefficient (Wildman–Crippen LogP) is 2.69. The van der Waals surface area contributed by atoms with Gasteiger partial charge in [-0.3, -0.25) is 9.50 Å². The van der Waals surface area contributed by atoms with Crippen molar-refractivity contribution < 1.29 is 4.74 Å². The maximum absolute atomic E-state index is 6.27. The second kappa shape index (κ2) is 6.40. The largest absolute Gasteiger partial charge is 0.496 e. The van der Waals surface area contributed by atoms with Crippen molar-refractivity contribution in [3.8, 4) is 5.75 Å². The lowest BCUT2D eigenvalue weighted by molar-refractivity contribution is 0.410. The molecular weight excluding hydrogens is 330 g/mol. The van der Waals surface area contributed by atoms with Gasteiger partial charge < -0.3 is 15.8 Å². The van der Waals surface area contributed by atoms with E-state index < -0.39 is 0 Å². The number of rotatable bonds is 5. The first-order valence-corrected chi connectivity index (χ1v) is 8.18. The third kappa shape index (κ3) is 2.81. The molecule has 3 aromatic heterocycles. The molecule has 3 heterocycles. The number of anilines is 3. The molecule has 0 aliphatic rings. The van der Waals surface area contributed by atoms with Crippen molar-refractivity contribution in [2.45, 2.75) is 13.3 Å². The van der Waals surface area contributed by atoms with Crippen LogP contribution in [0.25, 0.3) is 5.65 Å². The number of nitrogens with zero attached hydrogens (tertiary/aromatic N) is 4. The third-order valence-corrected chi connectivity index (χ3v) is 4.18. The van der Waals surface area contributed by atoms with Crippen molar-refractivity contribution in [3.63, 3.8) is 0 Å². The molecule has 1 aromatic carbocycles. The Labute approximate surface area is 150 Å². The number of imidazole rings is 1. The molecule has 0 fully saturated rings. The zero-order valence-corrected chi connectivity index (χ0v) is 14.5. The summed E-state index contributed by atoms with van der Waals surface area (Å²) in [6.07, 6.45) is 4.14. The van der Waals surface area contributed by atoms with Crippen molar-refractivity contribution in [2.24, 2.45) is 0 Å². The summed E-state index contributed by atoms with van der Waals surface area (Å²) in [6, 6.07) is 9.74. The molecule has 0 atom stereocenters. The minimum absolute atomic E-state index is 0.421. The molecular formula is C18H19N7O. The van der Waals surface area contributed by atoms with Crippen LogP contribution in [0.2, 0.25) is 0 Å². The van der Waals surface area contributed by atoms with Crippen LogP contribution >= 0.6 is 0 Å². The van der Waals surface area contributed by atoms with Crippen LogP contribution in [0.15, 0.2) is 42.7 Å². The Morgan fingerprint density at radius 1 is 1.31 bits per heavy atom. The van der Waals surface area contributed by atoms with Gasteiger partial charge in [-0.15, -0.1) is 0 Å². The number of methoxy groups -OCH3 is 1. The van der Waals surface area contributed by atoms with Gasteiger partial charge in [-0.2, -0.15) is 10.1 Å². The molecule has 26 heavy (non-hydrogen) atoms. The number of aromatic amines is 1. The summed E-state index contributed by atoms with van der Waals surface area (Å²) < 4.78 is 7.31. The van der Waals surface area contributed by atoms with Crippen LogP contribution in [0.5, 0.6) is 5.75 Å². The highest BCUT2D eigenvalue weighted by molar-refractivity contribution is 5.66. The van der Waals surface area contributed by atoms with Gasteiger partial charge >= 0.3 is 0 Å². The monoisotopic (exact) mass is 349 g/mol. The number of aromatic nitrogens is 5. The molecule has 0 aliphatic carbocycles. The molecule has 0 saturated carbocycles. The van der Waals surface area contributed by atoms with Crippen LogP contribution in [-0.2, 0) is 6.42 Å². The average molecular weight is 349 g/mol. The first-order valence-electron chi connectivity index (χ1n) is 8.18. The lowest BCUT2D eigenvalue weighted by Crippen LogP contribution is -2.09. The summed E-state index contributed by atoms with van der Waals surface area (Å²) in [5.74, 6) is 2.46. The van der Waals surface area contributed by atoms with Gasteiger partial charge in [0.25, 0.3) is 0 Å². The number of fused-ring (bicyclic) bond motifs is 1. The quantitative estimate of drug-likeness (QED) is 0.511. The van der Waals surface area contributed by atoms with Crippen LogP contribution in [0.4, 0.5) is 17.6 Å². The molecule has 0 bridgehead atoms. The Morgan fingerprint density at radius 2 is 2.15 bits per heavy atom. The van der Waals surface area contributed by atoms with Gasteiger partial charge in [0, 0.05) is 36.1 Å². The molecule has 0 aliphatic heterocycles. The third-order valence-electron chi connectivity index (χ3n) is 4.18. The van der Waals surface area contributed by atoms with Gasteiger partial charge in [-0.1, -0.05) is 18.2 Å². The number of para-hydroxylation sites is 1. The number of hydrogen-bond donors (Lipinski definition) is 3. The zero-order chi connectivity index (χ0) is 18.1. The number of benzene rings is 1. The maximum Gasteiger partial charge on any atom is 0.216 e. The fourth-order valence-electron chi connectivity index (χ4n) is 2.94. The molecule has 0 spiro atoms. The van der Waals surface area contributed by atoms with Gasteiger partial charge in [0.05, 0.1) is 7.11 Å². The van der Waals surface area contributed by atoms with Crippen LogP contribution in [0, 0.1) is 6.92 Å². The minimum Gasteiger partial charge on any atom is -0.496 e. The molecule has 0 saturated heterocycles. The maximum atomic E-state index is 6.27. The fourth-order valence-corrected chi connectivity index (χ4v) is 2.94. The SMILES string of the molecule is COc1ccccc1Cc1c(N)nc(Nc2cc(C)[nH]n2)n2ccnc12. The number of nitrogens with one attached hydrogen (secondary N) is 2. The van der Waals surface area contributed by atoms with E-state index >= 15 is 0 Å². The standard InChI is InChI=1S/C18H19N7O/c1-11-9-15(24-23-11)21-18-22-16(19)13(17-20-7-8-25(17)18)10-12-5-3-4-6-14(12)26-2/h3-9H,10,19H2,1-2H3,(H2,21,22,23,24). The highest BCUT2D eigenvalue weighted by atomic mass is 16.5. The molecule has 8 heteroatoms. The highest BCUT2D eigenvalue weighted by Crippen LogP contribution is 2.27. The Hall–Kier alpha value is -3.55. The Kier molecular flexibility index (Phi) is 3.92. The van der Waals surface area contributed by atoms with E-state index in [4.69, 9.17) is 10.5 Å². The van der Waals surface area contributed by atoms with Crippen molar-refractivity contribution >= 4 is 23.2 Å². The summed E-state index contributed by atoms with van der Waals surface area (Å²) in [6.45, 7) is 1.93. The molecule has 0 radical (unpaired) electrons. The summed E-state index contributed by atoms with van der Waals surface area (Å²) in [7, 11) is 1.66. The van der Waals surface area contributed by atoms with E-state index in [0.717, 1.165) is 28.2 Å². The smallest absolute Gasteiger partial charge is 0.216 e. The number of nitrogen functional groups attached to an aromatic ring is 1. The van der Waals surface area contributed by atoms with E-state index in [2.05, 4.69) is 25.5 Å². The number of ether oxygens (including phenoxy) is 1. The van der Waals surface area contributed by atoms with Crippen molar-refractivity contribution in [3.05, 3.63) is 59.5 Å². The van der Waals surface area contributed by atoms with Crippen molar-refractivity contribution in [1.29, 1.82) is 0 Å². The lowest BCUT2D eigenvalue weighted by Gasteiger charge is -2.13. The molecule has 4 rings (SSSR count). The normalized spacial score (nSPS) is 11.0. The topological polar surface area (TPSA) is 106 Å². The molecule has 4 N–H and O–H groups in total. The zero-order valence-electron chi connectivity index (χ0n) is 14.5. The summed E-state index contributed by atoms with van der Waals surface area (Å²) in [5, 5.41) is 10.2. The second-order valence-electron chi connectivity index (χ2n) is 5.97. The Morgan fingerprint density at radius 3 is 2.92 bits per heavy atom. The Balaban J connectivity index is 1.76. The van der Waals surface area contributed by atoms with Gasteiger partial charge in [-0.25, -0.2) is 4.98 Å². The summed E-state index contributed by atoms with van der Waals surface area (Å²) in [5.41, 5.74) is 9.85. The van der Waals surface area contributed by atoms with Gasteiger partial charge in [-0.05, 0) is 18.6 Å². The minimum atomic E-state index is 0.421. The van der Waals surface area contributed by atoms with Crippen LogP contribution < -0.4 is 15.8 Å². The Bertz CT molecular complexity index is 1070. The number of H-pyrrole nitrogens is 1. The van der Waals surface area contributed by atoms with Crippen LogP contribution in [0.1, 0.15) is 16.8 Å². The molecule has 132 valence electrons. The first kappa shape index (κ1) is 15.9.